The Morgan fingerprint density at radius 3 is 2.76 bits per heavy atom. The zero-order valence-corrected chi connectivity index (χ0v) is 13.7. The van der Waals surface area contributed by atoms with E-state index in [1.807, 2.05) is 25.9 Å². The molecular weight excluding hydrogens is 290 g/mol. The maximum absolute atomic E-state index is 12.6. The summed E-state index contributed by atoms with van der Waals surface area (Å²) in [5.74, 6) is 0.734. The molecule has 6 heteroatoms. The third kappa shape index (κ3) is 3.47. The predicted octanol–water partition coefficient (Wildman–Crippen LogP) is 2.16. The smallest absolute Gasteiger partial charge is 0.274 e. The molecule has 21 heavy (non-hydrogen) atoms. The summed E-state index contributed by atoms with van der Waals surface area (Å²) in [5, 5.41) is 0.365. The summed E-state index contributed by atoms with van der Waals surface area (Å²) in [6.07, 6.45) is 0. The summed E-state index contributed by atoms with van der Waals surface area (Å²) in [6, 6.07) is 3.70. The minimum Gasteiger partial charge on any atom is -0.478 e. The van der Waals surface area contributed by atoms with Crippen LogP contribution in [0.4, 0.5) is 0 Å². The number of carbonyl (C=O) groups is 1. The second-order valence-corrected chi connectivity index (χ2v) is 6.04. The van der Waals surface area contributed by atoms with Crippen LogP contribution in [0, 0.1) is 5.92 Å². The Balaban J connectivity index is 2.19. The number of likely N-dealkylation sites (N-methyl/N-ethyl adjacent to an activating group) is 1. The number of rotatable bonds is 4. The molecule has 0 saturated carbocycles. The number of carbonyl (C=O) groups excluding carboxylic acids is 1. The van der Waals surface area contributed by atoms with Crippen molar-refractivity contribution in [3.8, 4) is 5.88 Å². The molecule has 5 nitrogen and oxygen atoms in total. The van der Waals surface area contributed by atoms with Gasteiger partial charge in [0.25, 0.3) is 5.91 Å². The summed E-state index contributed by atoms with van der Waals surface area (Å²) in [4.78, 5) is 20.9. The molecular formula is C15H22ClN3O2. The summed E-state index contributed by atoms with van der Waals surface area (Å²) in [6.45, 7) is 5.96. The van der Waals surface area contributed by atoms with Crippen molar-refractivity contribution in [2.24, 2.45) is 5.92 Å². The number of pyridine rings is 1. The van der Waals surface area contributed by atoms with Gasteiger partial charge in [0.1, 0.15) is 0 Å². The molecule has 2 unspecified atom stereocenters. The molecule has 0 bridgehead atoms. The summed E-state index contributed by atoms with van der Waals surface area (Å²) in [7, 11) is 4.08. The third-order valence-corrected chi connectivity index (χ3v) is 4.14. The van der Waals surface area contributed by atoms with E-state index in [2.05, 4.69) is 16.8 Å². The van der Waals surface area contributed by atoms with Crippen molar-refractivity contribution >= 4 is 17.5 Å². The molecule has 1 aromatic heterocycles. The van der Waals surface area contributed by atoms with Gasteiger partial charge in [0.05, 0.1) is 11.6 Å². The molecule has 0 spiro atoms. The molecule has 0 radical (unpaired) electrons. The van der Waals surface area contributed by atoms with Crippen molar-refractivity contribution in [1.82, 2.24) is 14.8 Å². The molecule has 2 atom stereocenters. The van der Waals surface area contributed by atoms with E-state index in [1.165, 1.54) is 0 Å². The van der Waals surface area contributed by atoms with Crippen LogP contribution in [0.3, 0.4) is 0 Å². The van der Waals surface area contributed by atoms with Crippen molar-refractivity contribution in [1.29, 1.82) is 0 Å². The van der Waals surface area contributed by atoms with Gasteiger partial charge in [-0.05, 0) is 33.0 Å². The molecule has 1 fully saturated rings. The fourth-order valence-electron chi connectivity index (χ4n) is 2.74. The highest BCUT2D eigenvalue weighted by atomic mass is 35.5. The normalized spacial score (nSPS) is 21.9. The van der Waals surface area contributed by atoms with E-state index < -0.39 is 0 Å². The fourth-order valence-corrected chi connectivity index (χ4v) is 2.93. The Bertz CT molecular complexity index is 522. The van der Waals surface area contributed by atoms with Gasteiger partial charge in [-0.3, -0.25) is 4.79 Å². The van der Waals surface area contributed by atoms with Gasteiger partial charge in [0.15, 0.2) is 5.69 Å². The lowest BCUT2D eigenvalue weighted by Crippen LogP contribution is -2.36. The maximum Gasteiger partial charge on any atom is 0.274 e. The second kappa shape index (κ2) is 6.62. The number of aromatic nitrogens is 1. The Morgan fingerprint density at radius 2 is 2.19 bits per heavy atom. The first-order chi connectivity index (χ1) is 9.93. The molecule has 2 heterocycles. The van der Waals surface area contributed by atoms with E-state index in [-0.39, 0.29) is 11.6 Å². The topological polar surface area (TPSA) is 45.7 Å². The molecule has 116 valence electrons. The highest BCUT2D eigenvalue weighted by molar-refractivity contribution is 6.33. The Labute approximate surface area is 130 Å². The number of likely N-dealkylation sites (tertiary alicyclic amines) is 1. The van der Waals surface area contributed by atoms with Gasteiger partial charge in [0.2, 0.25) is 5.88 Å². The molecule has 1 aliphatic heterocycles. The lowest BCUT2D eigenvalue weighted by molar-refractivity contribution is 0.0774. The minimum atomic E-state index is -0.127. The van der Waals surface area contributed by atoms with E-state index >= 15 is 0 Å². The van der Waals surface area contributed by atoms with Crippen molar-refractivity contribution < 1.29 is 9.53 Å². The second-order valence-electron chi connectivity index (χ2n) is 5.63. The Morgan fingerprint density at radius 1 is 1.48 bits per heavy atom. The Hall–Kier alpha value is -1.33. The van der Waals surface area contributed by atoms with Crippen LogP contribution in [-0.4, -0.2) is 60.5 Å². The zero-order chi connectivity index (χ0) is 15.6. The van der Waals surface area contributed by atoms with Crippen molar-refractivity contribution in [2.75, 3.05) is 33.8 Å². The summed E-state index contributed by atoms with van der Waals surface area (Å²) < 4.78 is 5.35. The van der Waals surface area contributed by atoms with Crippen LogP contribution in [0.15, 0.2) is 12.1 Å². The van der Waals surface area contributed by atoms with E-state index in [9.17, 15) is 4.79 Å². The van der Waals surface area contributed by atoms with Crippen LogP contribution in [-0.2, 0) is 0 Å². The van der Waals surface area contributed by atoms with Crippen LogP contribution >= 0.6 is 11.6 Å². The molecule has 0 N–H and O–H groups in total. The van der Waals surface area contributed by atoms with Crippen molar-refractivity contribution in [3.63, 3.8) is 0 Å². The first kappa shape index (κ1) is 16.0. The van der Waals surface area contributed by atoms with Crippen LogP contribution in [0.25, 0.3) is 0 Å². The average molecular weight is 312 g/mol. The first-order valence-electron chi connectivity index (χ1n) is 7.19. The van der Waals surface area contributed by atoms with E-state index in [0.717, 1.165) is 6.54 Å². The van der Waals surface area contributed by atoms with E-state index in [1.54, 1.807) is 12.1 Å². The van der Waals surface area contributed by atoms with Crippen molar-refractivity contribution in [3.05, 3.63) is 22.8 Å². The molecule has 1 aromatic rings. The number of halogens is 1. The maximum atomic E-state index is 12.6. The lowest BCUT2D eigenvalue weighted by atomic mass is 10.1. The molecule has 1 aliphatic rings. The highest BCUT2D eigenvalue weighted by Crippen LogP contribution is 2.25. The first-order valence-corrected chi connectivity index (χ1v) is 7.56. The van der Waals surface area contributed by atoms with Crippen LogP contribution < -0.4 is 4.74 Å². The van der Waals surface area contributed by atoms with E-state index in [4.69, 9.17) is 16.3 Å². The molecule has 1 saturated heterocycles. The standard InChI is InChI=1S/C15H22ClN3O2/c1-5-21-13-7-6-11(16)14(17-13)15(20)19-8-10(2)12(9-19)18(3)4/h6-7,10,12H,5,8-9H2,1-4H3. The third-order valence-electron chi connectivity index (χ3n) is 3.84. The average Bonchev–Trinajstić information content (AvgIpc) is 2.83. The predicted molar refractivity (Wildman–Crippen MR) is 83.0 cm³/mol. The number of hydrogen-bond acceptors (Lipinski definition) is 4. The van der Waals surface area contributed by atoms with Gasteiger partial charge >= 0.3 is 0 Å². The van der Waals surface area contributed by atoms with Crippen LogP contribution in [0.2, 0.25) is 5.02 Å². The zero-order valence-electron chi connectivity index (χ0n) is 13.0. The van der Waals surface area contributed by atoms with Gasteiger partial charge < -0.3 is 14.5 Å². The number of hydrogen-bond donors (Lipinski definition) is 0. The summed E-state index contributed by atoms with van der Waals surface area (Å²) >= 11 is 6.13. The lowest BCUT2D eigenvalue weighted by Gasteiger charge is -2.22. The van der Waals surface area contributed by atoms with Crippen LogP contribution in [0.1, 0.15) is 24.3 Å². The molecule has 1 amide bonds. The van der Waals surface area contributed by atoms with Gasteiger partial charge in [-0.15, -0.1) is 0 Å². The number of ether oxygens (including phenoxy) is 1. The quantitative estimate of drug-likeness (QED) is 0.855. The minimum absolute atomic E-state index is 0.127. The van der Waals surface area contributed by atoms with Gasteiger partial charge in [0, 0.05) is 25.2 Å². The SMILES string of the molecule is CCOc1ccc(Cl)c(C(=O)N2CC(C)C(N(C)C)C2)n1. The van der Waals surface area contributed by atoms with Crippen molar-refractivity contribution in [2.45, 2.75) is 19.9 Å². The highest BCUT2D eigenvalue weighted by Gasteiger charge is 2.35. The van der Waals surface area contributed by atoms with Gasteiger partial charge in [-0.25, -0.2) is 4.98 Å². The Kier molecular flexibility index (Phi) is 5.06. The molecule has 0 aliphatic carbocycles. The fraction of sp³-hybridized carbons (Fsp3) is 0.600. The van der Waals surface area contributed by atoms with E-state index in [0.29, 0.717) is 36.0 Å². The number of amides is 1. The van der Waals surface area contributed by atoms with Gasteiger partial charge in [-0.2, -0.15) is 0 Å². The molecule has 2 rings (SSSR count). The largest absolute Gasteiger partial charge is 0.478 e. The monoisotopic (exact) mass is 311 g/mol. The number of nitrogens with zero attached hydrogens (tertiary/aromatic N) is 3. The summed E-state index contributed by atoms with van der Waals surface area (Å²) in [5.41, 5.74) is 0.272. The van der Waals surface area contributed by atoms with Gasteiger partial charge in [-0.1, -0.05) is 18.5 Å². The molecule has 0 aromatic carbocycles. The van der Waals surface area contributed by atoms with Crippen LogP contribution in [0.5, 0.6) is 5.88 Å².